The van der Waals surface area contributed by atoms with Gasteiger partial charge in [-0.3, -0.25) is 14.4 Å². The van der Waals surface area contributed by atoms with E-state index >= 15 is 0 Å². The maximum Gasteiger partial charge on any atom is 0.253 e. The second-order valence-corrected chi connectivity index (χ2v) is 8.21. The highest BCUT2D eigenvalue weighted by atomic mass is 16.5. The van der Waals surface area contributed by atoms with Crippen molar-refractivity contribution in [3.8, 4) is 5.75 Å². The molecule has 1 unspecified atom stereocenters. The van der Waals surface area contributed by atoms with Crippen molar-refractivity contribution >= 4 is 17.7 Å². The fourth-order valence-electron chi connectivity index (χ4n) is 4.04. The molecule has 3 amide bonds. The van der Waals surface area contributed by atoms with Gasteiger partial charge in [-0.15, -0.1) is 6.58 Å². The van der Waals surface area contributed by atoms with Crippen LogP contribution in [0.5, 0.6) is 5.75 Å². The van der Waals surface area contributed by atoms with Gasteiger partial charge in [0.1, 0.15) is 11.8 Å². The fourth-order valence-corrected chi connectivity index (χ4v) is 4.04. The molecule has 0 spiro atoms. The van der Waals surface area contributed by atoms with Crippen molar-refractivity contribution in [3.63, 3.8) is 0 Å². The molecule has 2 aromatic carbocycles. The predicted molar refractivity (Wildman–Crippen MR) is 127 cm³/mol. The van der Waals surface area contributed by atoms with Crippen LogP contribution >= 0.6 is 0 Å². The van der Waals surface area contributed by atoms with Gasteiger partial charge >= 0.3 is 0 Å². The maximum absolute atomic E-state index is 12.9. The number of rotatable bonds is 8. The molecular weight excluding hydrogens is 418 g/mol. The molecule has 1 heterocycles. The van der Waals surface area contributed by atoms with Crippen molar-refractivity contribution in [1.29, 1.82) is 0 Å². The summed E-state index contributed by atoms with van der Waals surface area (Å²) in [4.78, 5) is 40.4. The Morgan fingerprint density at radius 3 is 2.42 bits per heavy atom. The van der Waals surface area contributed by atoms with Crippen LogP contribution in [0, 0.1) is 12.8 Å². The van der Waals surface area contributed by atoms with Gasteiger partial charge in [-0.25, -0.2) is 0 Å². The minimum absolute atomic E-state index is 0.00734. The van der Waals surface area contributed by atoms with Gasteiger partial charge < -0.3 is 20.3 Å². The SMILES string of the molecule is C=CCNC(=O)C(NC(=O)c1ccc(OC)cc1)C1CCN(C(=O)c2cccc(C)c2)CC1. The maximum atomic E-state index is 12.9. The zero-order chi connectivity index (χ0) is 23.8. The summed E-state index contributed by atoms with van der Waals surface area (Å²) in [7, 11) is 1.56. The zero-order valence-electron chi connectivity index (χ0n) is 19.2. The highest BCUT2D eigenvalue weighted by Crippen LogP contribution is 2.23. The summed E-state index contributed by atoms with van der Waals surface area (Å²) in [5.74, 6) is -0.0157. The number of hydrogen-bond donors (Lipinski definition) is 2. The molecule has 0 aromatic heterocycles. The third kappa shape index (κ3) is 6.22. The molecule has 1 aliphatic heterocycles. The van der Waals surface area contributed by atoms with Crippen LogP contribution in [0.1, 0.15) is 39.1 Å². The summed E-state index contributed by atoms with van der Waals surface area (Å²) in [5.41, 5.74) is 2.15. The predicted octanol–water partition coefficient (Wildman–Crippen LogP) is 2.96. The molecule has 7 nitrogen and oxygen atoms in total. The zero-order valence-corrected chi connectivity index (χ0v) is 19.2. The molecule has 0 saturated carbocycles. The van der Waals surface area contributed by atoms with E-state index in [9.17, 15) is 14.4 Å². The second-order valence-electron chi connectivity index (χ2n) is 8.21. The summed E-state index contributed by atoms with van der Waals surface area (Å²) >= 11 is 0. The van der Waals surface area contributed by atoms with E-state index in [0.717, 1.165) is 5.56 Å². The van der Waals surface area contributed by atoms with Gasteiger partial charge in [-0.1, -0.05) is 23.8 Å². The number of benzene rings is 2. The van der Waals surface area contributed by atoms with Crippen molar-refractivity contribution in [2.45, 2.75) is 25.8 Å². The number of likely N-dealkylation sites (tertiary alicyclic amines) is 1. The lowest BCUT2D eigenvalue weighted by molar-refractivity contribution is -0.124. The molecule has 3 rings (SSSR count). The first kappa shape index (κ1) is 24.0. The van der Waals surface area contributed by atoms with Crippen molar-refractivity contribution in [1.82, 2.24) is 15.5 Å². The Labute approximate surface area is 194 Å². The number of nitrogens with zero attached hydrogens (tertiary/aromatic N) is 1. The van der Waals surface area contributed by atoms with E-state index in [4.69, 9.17) is 4.74 Å². The van der Waals surface area contributed by atoms with Crippen molar-refractivity contribution in [3.05, 3.63) is 77.9 Å². The Morgan fingerprint density at radius 2 is 1.82 bits per heavy atom. The number of piperidine rings is 1. The molecule has 1 fully saturated rings. The molecular formula is C26H31N3O4. The normalized spacial score (nSPS) is 14.8. The largest absolute Gasteiger partial charge is 0.497 e. The van der Waals surface area contributed by atoms with E-state index in [0.29, 0.717) is 49.4 Å². The molecule has 0 bridgehead atoms. The summed E-state index contributed by atoms with van der Waals surface area (Å²) < 4.78 is 5.14. The number of carbonyl (C=O) groups excluding carboxylic acids is 3. The van der Waals surface area contributed by atoms with Crippen LogP contribution < -0.4 is 15.4 Å². The van der Waals surface area contributed by atoms with Gasteiger partial charge in [0.2, 0.25) is 5.91 Å². The lowest BCUT2D eigenvalue weighted by atomic mass is 9.88. The molecule has 33 heavy (non-hydrogen) atoms. The topological polar surface area (TPSA) is 87.7 Å². The Morgan fingerprint density at radius 1 is 1.12 bits per heavy atom. The van der Waals surface area contributed by atoms with Gasteiger partial charge in [0.25, 0.3) is 11.8 Å². The van der Waals surface area contributed by atoms with E-state index < -0.39 is 6.04 Å². The molecule has 2 N–H and O–H groups in total. The first-order chi connectivity index (χ1) is 15.9. The van der Waals surface area contributed by atoms with Crippen LogP contribution in [0.4, 0.5) is 0 Å². The molecule has 174 valence electrons. The van der Waals surface area contributed by atoms with Gasteiger partial charge in [0.05, 0.1) is 7.11 Å². The van der Waals surface area contributed by atoms with Crippen LogP contribution in [0.2, 0.25) is 0 Å². The van der Waals surface area contributed by atoms with Crippen molar-refractivity contribution in [2.24, 2.45) is 5.92 Å². The van der Waals surface area contributed by atoms with E-state index in [1.54, 1.807) is 37.5 Å². The fraction of sp³-hybridized carbons (Fsp3) is 0.346. The standard InChI is InChI=1S/C26H31N3O4/c1-4-14-27-25(31)23(28-24(30)20-8-10-22(33-3)11-9-20)19-12-15-29(16-13-19)26(32)21-7-5-6-18(2)17-21/h4-11,17,19,23H,1,12-16H2,2-3H3,(H,27,31)(H,28,30). The number of nitrogens with one attached hydrogen (secondary N) is 2. The number of ether oxygens (including phenoxy) is 1. The Balaban J connectivity index is 1.68. The van der Waals surface area contributed by atoms with Crippen LogP contribution in [-0.2, 0) is 4.79 Å². The van der Waals surface area contributed by atoms with Crippen LogP contribution in [0.25, 0.3) is 0 Å². The van der Waals surface area contributed by atoms with Crippen molar-refractivity contribution in [2.75, 3.05) is 26.7 Å². The average molecular weight is 450 g/mol. The summed E-state index contributed by atoms with van der Waals surface area (Å²) in [6.07, 6.45) is 2.84. The van der Waals surface area contributed by atoms with E-state index in [1.165, 1.54) is 0 Å². The number of aryl methyl sites for hydroxylation is 1. The summed E-state index contributed by atoms with van der Waals surface area (Å²) in [5, 5.41) is 5.70. The summed E-state index contributed by atoms with van der Waals surface area (Å²) in [6.45, 7) is 6.97. The minimum atomic E-state index is -0.698. The number of amides is 3. The molecule has 1 aliphatic rings. The molecule has 2 aromatic rings. The van der Waals surface area contributed by atoms with Gasteiger partial charge in [-0.05, 0) is 62.1 Å². The third-order valence-electron chi connectivity index (χ3n) is 5.91. The second kappa shape index (κ2) is 11.3. The summed E-state index contributed by atoms with van der Waals surface area (Å²) in [6, 6.07) is 13.6. The van der Waals surface area contributed by atoms with Gasteiger partial charge in [-0.2, -0.15) is 0 Å². The number of hydrogen-bond acceptors (Lipinski definition) is 4. The quantitative estimate of drug-likeness (QED) is 0.607. The smallest absolute Gasteiger partial charge is 0.253 e. The Kier molecular flexibility index (Phi) is 8.24. The first-order valence-electron chi connectivity index (χ1n) is 11.1. The molecule has 0 radical (unpaired) electrons. The molecule has 1 atom stereocenters. The van der Waals surface area contributed by atoms with E-state index in [2.05, 4.69) is 17.2 Å². The number of methoxy groups -OCH3 is 1. The molecule has 0 aliphatic carbocycles. The lowest BCUT2D eigenvalue weighted by Gasteiger charge is -2.36. The highest BCUT2D eigenvalue weighted by Gasteiger charge is 2.34. The van der Waals surface area contributed by atoms with Gasteiger partial charge in [0.15, 0.2) is 0 Å². The monoisotopic (exact) mass is 449 g/mol. The average Bonchev–Trinajstić information content (AvgIpc) is 2.85. The van der Waals surface area contributed by atoms with Crippen molar-refractivity contribution < 1.29 is 19.1 Å². The van der Waals surface area contributed by atoms with E-state index in [1.807, 2.05) is 36.1 Å². The lowest BCUT2D eigenvalue weighted by Crippen LogP contribution is -2.53. The van der Waals surface area contributed by atoms with E-state index in [-0.39, 0.29) is 23.6 Å². The highest BCUT2D eigenvalue weighted by molar-refractivity contribution is 5.98. The van der Waals surface area contributed by atoms with Crippen LogP contribution in [0.3, 0.4) is 0 Å². The molecule has 7 heteroatoms. The molecule has 1 saturated heterocycles. The first-order valence-corrected chi connectivity index (χ1v) is 11.1. The Bertz CT molecular complexity index is 995. The van der Waals surface area contributed by atoms with Crippen LogP contribution in [0.15, 0.2) is 61.2 Å². The van der Waals surface area contributed by atoms with Gasteiger partial charge in [0, 0.05) is 30.8 Å². The van der Waals surface area contributed by atoms with Crippen LogP contribution in [-0.4, -0.2) is 55.4 Å². The Hall–Kier alpha value is -3.61. The number of carbonyl (C=O) groups is 3. The minimum Gasteiger partial charge on any atom is -0.497 e. The third-order valence-corrected chi connectivity index (χ3v) is 5.91.